The predicted molar refractivity (Wildman–Crippen MR) is 66.5 cm³/mol. The molecule has 5 heteroatoms. The molecule has 0 saturated heterocycles. The maximum Gasteiger partial charge on any atom is 0.417 e. The normalized spacial score (nSPS) is 11.6. The number of aromatic nitrogens is 1. The van der Waals surface area contributed by atoms with Gasteiger partial charge in [0.25, 0.3) is 5.56 Å². The molecule has 2 rings (SSSR count). The Morgan fingerprint density at radius 2 is 1.58 bits per heavy atom. The van der Waals surface area contributed by atoms with E-state index in [1.54, 1.807) is 32.0 Å². The summed E-state index contributed by atoms with van der Waals surface area (Å²) >= 11 is 0. The van der Waals surface area contributed by atoms with E-state index >= 15 is 0 Å². The number of rotatable bonds is 1. The third kappa shape index (κ3) is 2.54. The first-order valence-corrected chi connectivity index (χ1v) is 5.67. The van der Waals surface area contributed by atoms with Crippen molar-refractivity contribution >= 4 is 0 Å². The zero-order chi connectivity index (χ0) is 14.2. The number of benzene rings is 1. The molecule has 100 valence electrons. The van der Waals surface area contributed by atoms with Gasteiger partial charge in [-0.25, -0.2) is 0 Å². The van der Waals surface area contributed by atoms with Crippen molar-refractivity contribution in [3.63, 3.8) is 0 Å². The Balaban J connectivity index is 2.72. The Morgan fingerprint density at radius 3 is 2.11 bits per heavy atom. The fraction of sp³-hybridized carbons (Fsp3) is 0.214. The third-order valence-corrected chi connectivity index (χ3v) is 2.92. The Bertz CT molecular complexity index is 651. The van der Waals surface area contributed by atoms with Gasteiger partial charge in [0.05, 0.1) is 11.3 Å². The summed E-state index contributed by atoms with van der Waals surface area (Å²) in [6, 6.07) is 7.05. The molecule has 0 spiro atoms. The monoisotopic (exact) mass is 267 g/mol. The summed E-state index contributed by atoms with van der Waals surface area (Å²) in [5.41, 5.74) is 0.682. The second-order valence-corrected chi connectivity index (χ2v) is 4.36. The highest BCUT2D eigenvalue weighted by Gasteiger charge is 2.31. The smallest absolute Gasteiger partial charge is 0.283 e. The SMILES string of the molecule is Cc1cccc(C)c1-n1cc(C(F)(F)F)ccc1=O. The molecule has 0 saturated carbocycles. The van der Waals surface area contributed by atoms with E-state index < -0.39 is 17.3 Å². The van der Waals surface area contributed by atoms with Gasteiger partial charge in [-0.1, -0.05) is 18.2 Å². The lowest BCUT2D eigenvalue weighted by Gasteiger charge is -2.14. The van der Waals surface area contributed by atoms with Gasteiger partial charge >= 0.3 is 6.18 Å². The molecule has 0 atom stereocenters. The van der Waals surface area contributed by atoms with Gasteiger partial charge in [0, 0.05) is 12.3 Å². The number of alkyl halides is 3. The molecule has 0 fully saturated rings. The summed E-state index contributed by atoms with van der Waals surface area (Å²) in [6.07, 6.45) is -3.62. The Morgan fingerprint density at radius 1 is 1.00 bits per heavy atom. The van der Waals surface area contributed by atoms with E-state index in [-0.39, 0.29) is 0 Å². The third-order valence-electron chi connectivity index (χ3n) is 2.92. The zero-order valence-electron chi connectivity index (χ0n) is 10.5. The minimum atomic E-state index is -4.47. The Kier molecular flexibility index (Phi) is 3.22. The van der Waals surface area contributed by atoms with Crippen LogP contribution in [0.3, 0.4) is 0 Å². The van der Waals surface area contributed by atoms with Crippen LogP contribution in [0.15, 0.2) is 41.3 Å². The fourth-order valence-electron chi connectivity index (χ4n) is 2.02. The number of nitrogens with zero attached hydrogens (tertiary/aromatic N) is 1. The summed E-state index contributed by atoms with van der Waals surface area (Å²) < 4.78 is 39.2. The molecule has 0 unspecified atom stereocenters. The van der Waals surface area contributed by atoms with Gasteiger partial charge < -0.3 is 0 Å². The average molecular weight is 267 g/mol. The second-order valence-electron chi connectivity index (χ2n) is 4.36. The maximum absolute atomic E-state index is 12.7. The van der Waals surface area contributed by atoms with Crippen molar-refractivity contribution in [2.75, 3.05) is 0 Å². The van der Waals surface area contributed by atoms with E-state index in [1.165, 1.54) is 0 Å². The molecule has 1 aromatic carbocycles. The molecule has 0 aliphatic carbocycles. The van der Waals surface area contributed by atoms with Gasteiger partial charge in [-0.05, 0) is 31.0 Å². The van der Waals surface area contributed by atoms with Crippen LogP contribution in [0.1, 0.15) is 16.7 Å². The summed E-state index contributed by atoms with van der Waals surface area (Å²) in [6.45, 7) is 3.52. The summed E-state index contributed by atoms with van der Waals surface area (Å²) in [7, 11) is 0. The van der Waals surface area contributed by atoms with Gasteiger partial charge in [0.1, 0.15) is 0 Å². The van der Waals surface area contributed by atoms with Crippen LogP contribution in [0.25, 0.3) is 5.69 Å². The second kappa shape index (κ2) is 4.57. The molecular weight excluding hydrogens is 255 g/mol. The molecule has 0 radical (unpaired) electrons. The fourth-order valence-corrected chi connectivity index (χ4v) is 2.02. The largest absolute Gasteiger partial charge is 0.417 e. The summed E-state index contributed by atoms with van der Waals surface area (Å²) in [4.78, 5) is 11.8. The van der Waals surface area contributed by atoms with Gasteiger partial charge in [-0.3, -0.25) is 9.36 Å². The lowest BCUT2D eigenvalue weighted by atomic mass is 10.1. The highest BCUT2D eigenvalue weighted by atomic mass is 19.4. The van der Waals surface area contributed by atoms with Crippen molar-refractivity contribution in [3.8, 4) is 5.69 Å². The molecule has 19 heavy (non-hydrogen) atoms. The molecule has 0 N–H and O–H groups in total. The van der Waals surface area contributed by atoms with E-state index in [9.17, 15) is 18.0 Å². The van der Waals surface area contributed by atoms with Crippen molar-refractivity contribution in [1.82, 2.24) is 4.57 Å². The molecule has 0 amide bonds. The van der Waals surface area contributed by atoms with Crippen molar-refractivity contribution in [1.29, 1.82) is 0 Å². The molecule has 2 aromatic rings. The summed E-state index contributed by atoms with van der Waals surface area (Å²) in [5, 5.41) is 0. The zero-order valence-corrected chi connectivity index (χ0v) is 10.5. The van der Waals surface area contributed by atoms with Crippen molar-refractivity contribution < 1.29 is 13.2 Å². The molecule has 0 bridgehead atoms. The minimum absolute atomic E-state index is 0.481. The number of para-hydroxylation sites is 1. The molecule has 1 aromatic heterocycles. The van der Waals surface area contributed by atoms with E-state index in [0.717, 1.165) is 34.0 Å². The number of halogens is 3. The molecule has 0 aliphatic rings. The van der Waals surface area contributed by atoms with E-state index in [4.69, 9.17) is 0 Å². The average Bonchev–Trinajstić information content (AvgIpc) is 2.29. The highest BCUT2D eigenvalue weighted by Crippen LogP contribution is 2.29. The van der Waals surface area contributed by atoms with Crippen LogP contribution in [0.5, 0.6) is 0 Å². The van der Waals surface area contributed by atoms with Gasteiger partial charge in [-0.15, -0.1) is 0 Å². The molecule has 1 heterocycles. The van der Waals surface area contributed by atoms with Crippen molar-refractivity contribution in [3.05, 3.63) is 63.6 Å². The quantitative estimate of drug-likeness (QED) is 0.775. The summed E-state index contributed by atoms with van der Waals surface area (Å²) in [5.74, 6) is 0. The Labute approximate surface area is 108 Å². The van der Waals surface area contributed by atoms with Crippen LogP contribution in [0.2, 0.25) is 0 Å². The van der Waals surface area contributed by atoms with Gasteiger partial charge in [-0.2, -0.15) is 13.2 Å². The van der Waals surface area contributed by atoms with E-state index in [0.29, 0.717) is 5.69 Å². The minimum Gasteiger partial charge on any atom is -0.283 e. The van der Waals surface area contributed by atoms with Crippen LogP contribution in [0.4, 0.5) is 13.2 Å². The molecule has 2 nitrogen and oxygen atoms in total. The highest BCUT2D eigenvalue weighted by molar-refractivity contribution is 5.47. The number of hydrogen-bond acceptors (Lipinski definition) is 1. The van der Waals surface area contributed by atoms with E-state index in [2.05, 4.69) is 0 Å². The van der Waals surface area contributed by atoms with Gasteiger partial charge in [0.15, 0.2) is 0 Å². The standard InChI is InChI=1S/C14H12F3NO/c1-9-4-3-5-10(2)13(9)18-8-11(14(15,16)17)6-7-12(18)19/h3-8H,1-2H3. The number of hydrogen-bond donors (Lipinski definition) is 0. The lowest BCUT2D eigenvalue weighted by molar-refractivity contribution is -0.138. The van der Waals surface area contributed by atoms with Gasteiger partial charge in [0.2, 0.25) is 0 Å². The van der Waals surface area contributed by atoms with Crippen LogP contribution >= 0.6 is 0 Å². The van der Waals surface area contributed by atoms with Crippen LogP contribution < -0.4 is 5.56 Å². The number of pyridine rings is 1. The van der Waals surface area contributed by atoms with Crippen LogP contribution in [0, 0.1) is 13.8 Å². The van der Waals surface area contributed by atoms with Crippen LogP contribution in [-0.4, -0.2) is 4.57 Å². The lowest BCUT2D eigenvalue weighted by Crippen LogP contribution is -2.21. The molecule has 0 aliphatic heterocycles. The van der Waals surface area contributed by atoms with Crippen molar-refractivity contribution in [2.24, 2.45) is 0 Å². The number of aryl methyl sites for hydroxylation is 2. The van der Waals surface area contributed by atoms with Crippen molar-refractivity contribution in [2.45, 2.75) is 20.0 Å². The Hall–Kier alpha value is -2.04. The van der Waals surface area contributed by atoms with E-state index in [1.807, 2.05) is 0 Å². The van der Waals surface area contributed by atoms with Crippen LogP contribution in [-0.2, 0) is 6.18 Å². The predicted octanol–water partition coefficient (Wildman–Crippen LogP) is 3.47. The molecular formula is C14H12F3NO. The first kappa shape index (κ1) is 13.4. The first-order valence-electron chi connectivity index (χ1n) is 5.67. The first-order chi connectivity index (χ1) is 8.80. The maximum atomic E-state index is 12.7. The topological polar surface area (TPSA) is 22.0 Å².